The van der Waals surface area contributed by atoms with Crippen LogP contribution in [0.25, 0.3) is 0 Å². The van der Waals surface area contributed by atoms with E-state index in [0.29, 0.717) is 50.1 Å². The second-order valence-corrected chi connectivity index (χ2v) is 24.9. The number of nitrogens with zero attached hydrogens (tertiary/aromatic N) is 3. The molecule has 0 aliphatic heterocycles. The van der Waals surface area contributed by atoms with E-state index in [0.717, 1.165) is 13.7 Å². The molecule has 0 saturated heterocycles. The van der Waals surface area contributed by atoms with Crippen molar-refractivity contribution < 1.29 is 30.6 Å². The number of hydrogen-bond acceptors (Lipinski definition) is 9. The number of benzene rings is 3. The van der Waals surface area contributed by atoms with Crippen molar-refractivity contribution in [3.63, 3.8) is 0 Å². The van der Waals surface area contributed by atoms with E-state index in [4.69, 9.17) is 0 Å². The fourth-order valence-electron chi connectivity index (χ4n) is 8.66. The molecule has 0 saturated carbocycles. The molecule has 3 unspecified atom stereocenters. The molecule has 12 nitrogen and oxygen atoms in total. The van der Waals surface area contributed by atoms with Crippen molar-refractivity contribution in [2.75, 3.05) is 0 Å². The predicted octanol–water partition coefficient (Wildman–Crippen LogP) is 7.88. The van der Waals surface area contributed by atoms with Crippen molar-refractivity contribution in [1.82, 2.24) is 13.7 Å². The van der Waals surface area contributed by atoms with Gasteiger partial charge in [0, 0.05) is 19.3 Å². The highest BCUT2D eigenvalue weighted by atomic mass is 16.3. The van der Waals surface area contributed by atoms with E-state index in [1.165, 1.54) is 0 Å². The lowest BCUT2D eigenvalue weighted by Gasteiger charge is -2.29. The molecule has 0 amide bonds. The first-order valence-electron chi connectivity index (χ1n) is 23.3. The number of aliphatic hydroxyl groups is 3. The van der Waals surface area contributed by atoms with Crippen LogP contribution >= 0.6 is 0 Å². The van der Waals surface area contributed by atoms with Gasteiger partial charge < -0.3 is 30.6 Å². The monoisotopic (exact) mass is 916 g/mol. The molecule has 66 heavy (non-hydrogen) atoms. The van der Waals surface area contributed by atoms with Crippen molar-refractivity contribution >= 4 is 0 Å². The fourth-order valence-corrected chi connectivity index (χ4v) is 8.66. The number of aromatic hydroxyl groups is 3. The number of hydrogen-bond donors (Lipinski definition) is 6. The minimum atomic E-state index is -1.30. The molecule has 0 aliphatic rings. The topological polar surface area (TPSA) is 187 Å². The SMILES string of the molecule is CC(C)(C)c1cc(CC(O)Cn2c(=O)n(CC(O)Cc3cc(C(C)(C)C)c(O)c(C(C)(C)C)c3)c(=O)n(CC(O)Cc3cc(C(C)(C)C)c(O)c(C(C)(C)C)c3)c2=O)cc(C(C)(C)C)c1O. The average molecular weight is 916 g/mol. The summed E-state index contributed by atoms with van der Waals surface area (Å²) in [5, 5.41) is 69.0. The Morgan fingerprint density at radius 3 is 0.636 bits per heavy atom. The zero-order valence-corrected chi connectivity index (χ0v) is 43.2. The van der Waals surface area contributed by atoms with Gasteiger partial charge in [0.15, 0.2) is 0 Å². The predicted molar refractivity (Wildman–Crippen MR) is 265 cm³/mol. The Balaban J connectivity index is 1.85. The molecule has 0 radical (unpaired) electrons. The van der Waals surface area contributed by atoms with Crippen LogP contribution in [-0.2, 0) is 71.4 Å². The van der Waals surface area contributed by atoms with Gasteiger partial charge in [-0.05, 0) is 82.6 Å². The number of rotatable bonds is 12. The zero-order chi connectivity index (χ0) is 50.6. The minimum Gasteiger partial charge on any atom is -0.507 e. The Labute approximate surface area is 392 Å². The molecule has 12 heteroatoms. The maximum absolute atomic E-state index is 14.4. The van der Waals surface area contributed by atoms with Crippen LogP contribution < -0.4 is 17.1 Å². The third-order valence-corrected chi connectivity index (χ3v) is 12.3. The van der Waals surface area contributed by atoms with E-state index < -0.39 is 87.5 Å². The first-order valence-corrected chi connectivity index (χ1v) is 23.3. The summed E-state index contributed by atoms with van der Waals surface area (Å²) in [4.78, 5) is 43.1. The molecule has 4 aromatic rings. The summed E-state index contributed by atoms with van der Waals surface area (Å²) < 4.78 is 2.35. The second kappa shape index (κ2) is 18.8. The van der Waals surface area contributed by atoms with Crippen LogP contribution in [0, 0.1) is 0 Å². The van der Waals surface area contributed by atoms with Gasteiger partial charge in [-0.2, -0.15) is 0 Å². The first-order chi connectivity index (χ1) is 29.7. The molecule has 0 fully saturated rings. The van der Waals surface area contributed by atoms with Gasteiger partial charge in [0.1, 0.15) is 17.2 Å². The lowest BCUT2D eigenvalue weighted by molar-refractivity contribution is 0.128. The summed E-state index contributed by atoms with van der Waals surface area (Å²) in [6.07, 6.45) is -3.90. The summed E-state index contributed by atoms with van der Waals surface area (Å²) in [6.45, 7) is 34.1. The van der Waals surface area contributed by atoms with Crippen LogP contribution in [0.1, 0.15) is 175 Å². The smallest absolute Gasteiger partial charge is 0.336 e. The largest absolute Gasteiger partial charge is 0.507 e. The van der Waals surface area contributed by atoms with E-state index in [2.05, 4.69) is 0 Å². The van der Waals surface area contributed by atoms with Gasteiger partial charge >= 0.3 is 17.1 Å². The number of phenolic OH excluding ortho intramolecular Hbond substituents is 3. The lowest BCUT2D eigenvalue weighted by Crippen LogP contribution is -2.57. The molecule has 4 rings (SSSR count). The van der Waals surface area contributed by atoms with Gasteiger partial charge in [0.05, 0.1) is 37.9 Å². The molecule has 3 aromatic carbocycles. The number of phenols is 3. The van der Waals surface area contributed by atoms with Gasteiger partial charge in [0.25, 0.3) is 0 Å². The highest BCUT2D eigenvalue weighted by molar-refractivity contribution is 5.52. The quantitative estimate of drug-likeness (QED) is 0.0822. The molecule has 0 spiro atoms. The van der Waals surface area contributed by atoms with E-state index in [1.54, 1.807) is 0 Å². The van der Waals surface area contributed by atoms with E-state index in [-0.39, 0.29) is 36.5 Å². The summed E-state index contributed by atoms with van der Waals surface area (Å²) >= 11 is 0. The van der Waals surface area contributed by atoms with Crippen LogP contribution in [0.2, 0.25) is 0 Å². The molecule has 6 N–H and O–H groups in total. The van der Waals surface area contributed by atoms with E-state index in [9.17, 15) is 45.0 Å². The van der Waals surface area contributed by atoms with Crippen LogP contribution in [0.3, 0.4) is 0 Å². The summed E-state index contributed by atoms with van der Waals surface area (Å²) in [5.41, 5.74) is 0.398. The molecular formula is C54H81N3O9. The molecule has 1 heterocycles. The van der Waals surface area contributed by atoms with Crippen LogP contribution in [-0.4, -0.2) is 62.7 Å². The van der Waals surface area contributed by atoms with Gasteiger partial charge in [0.2, 0.25) is 0 Å². The fraction of sp³-hybridized carbons (Fsp3) is 0.611. The standard InChI is InChI=1S/C54H81N3O9/c1-49(2,3)37-22-31(23-38(43(37)61)50(4,5)6)19-34(58)28-55-46(64)56(29-35(59)20-32-24-39(51(7,8)9)44(62)40(25-32)52(10,11)12)48(66)57(47(55)65)30-36(60)21-33-26-41(53(13,14)15)45(63)42(27-33)54(16,17)18/h22-27,34-36,58-63H,19-21,28-30H2,1-18H3. The molecule has 1 aromatic heterocycles. The van der Waals surface area contributed by atoms with Crippen molar-refractivity contribution in [2.45, 2.75) is 214 Å². The average Bonchev–Trinajstić information content (AvgIpc) is 3.12. The Morgan fingerprint density at radius 2 is 0.500 bits per heavy atom. The van der Waals surface area contributed by atoms with Crippen LogP contribution in [0.15, 0.2) is 50.8 Å². The third-order valence-electron chi connectivity index (χ3n) is 12.3. The van der Waals surface area contributed by atoms with Crippen LogP contribution in [0.5, 0.6) is 17.2 Å². The van der Waals surface area contributed by atoms with Gasteiger partial charge in [-0.25, -0.2) is 28.1 Å². The Morgan fingerprint density at radius 1 is 0.348 bits per heavy atom. The highest BCUT2D eigenvalue weighted by Crippen LogP contribution is 2.43. The van der Waals surface area contributed by atoms with Crippen molar-refractivity contribution in [1.29, 1.82) is 0 Å². The summed E-state index contributed by atoms with van der Waals surface area (Å²) in [7, 11) is 0. The van der Waals surface area contributed by atoms with Gasteiger partial charge in [-0.1, -0.05) is 161 Å². The molecule has 366 valence electrons. The third kappa shape index (κ3) is 12.5. The molecule has 0 aliphatic carbocycles. The van der Waals surface area contributed by atoms with Crippen molar-refractivity contribution in [2.24, 2.45) is 0 Å². The lowest BCUT2D eigenvalue weighted by atomic mass is 9.78. The maximum atomic E-state index is 14.4. The second-order valence-electron chi connectivity index (χ2n) is 24.9. The van der Waals surface area contributed by atoms with Crippen LogP contribution in [0.4, 0.5) is 0 Å². The Hall–Kier alpha value is -4.65. The van der Waals surface area contributed by atoms with Gasteiger partial charge in [-0.15, -0.1) is 0 Å². The summed E-state index contributed by atoms with van der Waals surface area (Å²) in [6, 6.07) is 10.9. The van der Waals surface area contributed by atoms with Crippen molar-refractivity contribution in [3.8, 4) is 17.2 Å². The Kier molecular flexibility index (Phi) is 15.4. The highest BCUT2D eigenvalue weighted by Gasteiger charge is 2.31. The van der Waals surface area contributed by atoms with E-state index >= 15 is 0 Å². The van der Waals surface area contributed by atoms with Crippen molar-refractivity contribution in [3.05, 3.63) is 118 Å². The summed E-state index contributed by atoms with van der Waals surface area (Å²) in [5.74, 6) is 0.513. The zero-order valence-electron chi connectivity index (χ0n) is 43.2. The maximum Gasteiger partial charge on any atom is 0.336 e. The number of aliphatic hydroxyl groups excluding tert-OH is 3. The molecule has 0 bridgehead atoms. The normalized spacial score (nSPS) is 14.7. The van der Waals surface area contributed by atoms with E-state index in [1.807, 2.05) is 161 Å². The molecule has 3 atom stereocenters. The molecular weight excluding hydrogens is 835 g/mol. The van der Waals surface area contributed by atoms with Gasteiger partial charge in [-0.3, -0.25) is 0 Å². The Bertz CT molecular complexity index is 2170. The first kappa shape index (κ1) is 54.0. The number of aromatic nitrogens is 3. The minimum absolute atomic E-state index is 0.00282.